The van der Waals surface area contributed by atoms with Crippen LogP contribution in [0.15, 0.2) is 12.7 Å². The van der Waals surface area contributed by atoms with Crippen LogP contribution in [0.5, 0.6) is 0 Å². The highest BCUT2D eigenvalue weighted by atomic mass is 35.5. The lowest BCUT2D eigenvalue weighted by molar-refractivity contribution is -0.132. The molecule has 0 N–H and O–H groups in total. The first-order chi connectivity index (χ1) is 12.8. The van der Waals surface area contributed by atoms with Gasteiger partial charge in [-0.05, 0) is 20.8 Å². The molecule has 2 heterocycles. The van der Waals surface area contributed by atoms with Crippen molar-refractivity contribution in [1.29, 1.82) is 0 Å². The summed E-state index contributed by atoms with van der Waals surface area (Å²) in [4.78, 5) is 48.9. The number of carbonyl (C=O) groups is 3. The molecule has 1 fully saturated rings. The smallest absolute Gasteiger partial charge is 0.342 e. The summed E-state index contributed by atoms with van der Waals surface area (Å²) in [6.07, 6.45) is 1.44. The van der Waals surface area contributed by atoms with E-state index >= 15 is 0 Å². The number of aromatic nitrogens is 2. The Hall–Kier alpha value is -2.48. The number of amides is 2. The predicted octanol–water partition coefficient (Wildman–Crippen LogP) is 1.35. The van der Waals surface area contributed by atoms with Gasteiger partial charge >= 0.3 is 5.97 Å². The highest BCUT2D eigenvalue weighted by Crippen LogP contribution is 2.18. The zero-order chi connectivity index (χ0) is 20.1. The lowest BCUT2D eigenvalue weighted by Gasteiger charge is -2.39. The largest absolute Gasteiger partial charge is 0.458 e. The summed E-state index contributed by atoms with van der Waals surface area (Å²) in [7, 11) is 0. The van der Waals surface area contributed by atoms with Crippen LogP contribution in [0.3, 0.4) is 0 Å². The van der Waals surface area contributed by atoms with Crippen molar-refractivity contribution in [3.05, 3.63) is 35.4 Å². The molecular weight excluding hydrogens is 372 g/mol. The molecule has 27 heavy (non-hydrogen) atoms. The van der Waals surface area contributed by atoms with Crippen LogP contribution >= 0.6 is 11.6 Å². The summed E-state index contributed by atoms with van der Waals surface area (Å²) in [5.41, 5.74) is 0.446. The highest BCUT2D eigenvalue weighted by Gasteiger charge is 2.33. The molecule has 0 aliphatic carbocycles. The number of alkyl halides is 1. The van der Waals surface area contributed by atoms with E-state index in [-0.39, 0.29) is 41.6 Å². The van der Waals surface area contributed by atoms with Crippen LogP contribution in [0.25, 0.3) is 0 Å². The standard InChI is InChI=1S/C18H23ClN4O4/c1-5-8-27-18(26)15-12(3)20-13(4)21-16(15)17(25)22-6-7-23(11(2)10-22)14(24)9-19/h5,11H,1,6-10H2,2-4H3. The average molecular weight is 395 g/mol. The number of esters is 1. The van der Waals surface area contributed by atoms with Gasteiger partial charge in [0.2, 0.25) is 5.91 Å². The summed E-state index contributed by atoms with van der Waals surface area (Å²) < 4.78 is 5.09. The summed E-state index contributed by atoms with van der Waals surface area (Å²) in [5, 5.41) is 0. The molecule has 1 aliphatic rings. The van der Waals surface area contributed by atoms with E-state index in [0.29, 0.717) is 31.2 Å². The first-order valence-electron chi connectivity index (χ1n) is 8.58. The number of halogens is 1. The van der Waals surface area contributed by atoms with E-state index in [2.05, 4.69) is 16.5 Å². The second-order valence-electron chi connectivity index (χ2n) is 6.29. The highest BCUT2D eigenvalue weighted by molar-refractivity contribution is 6.27. The van der Waals surface area contributed by atoms with E-state index < -0.39 is 5.97 Å². The number of carbonyl (C=O) groups excluding carboxylic acids is 3. The van der Waals surface area contributed by atoms with E-state index in [1.54, 1.807) is 23.6 Å². The molecule has 1 aliphatic heterocycles. The van der Waals surface area contributed by atoms with Crippen LogP contribution in [0.1, 0.15) is 39.3 Å². The van der Waals surface area contributed by atoms with Crippen molar-refractivity contribution in [2.75, 3.05) is 32.1 Å². The van der Waals surface area contributed by atoms with Gasteiger partial charge in [0.1, 0.15) is 29.6 Å². The molecule has 8 nitrogen and oxygen atoms in total. The van der Waals surface area contributed by atoms with Crippen LogP contribution in [0.2, 0.25) is 0 Å². The van der Waals surface area contributed by atoms with E-state index in [9.17, 15) is 14.4 Å². The third kappa shape index (κ3) is 4.63. The van der Waals surface area contributed by atoms with Crippen LogP contribution in [-0.4, -0.2) is 75.7 Å². The van der Waals surface area contributed by atoms with Crippen molar-refractivity contribution in [1.82, 2.24) is 19.8 Å². The number of aryl methyl sites for hydroxylation is 2. The summed E-state index contributed by atoms with van der Waals surface area (Å²) in [6.45, 7) is 9.69. The summed E-state index contributed by atoms with van der Waals surface area (Å²) >= 11 is 5.63. The van der Waals surface area contributed by atoms with Crippen LogP contribution < -0.4 is 0 Å². The molecule has 0 saturated carbocycles. The number of nitrogens with zero attached hydrogens (tertiary/aromatic N) is 4. The molecule has 1 aromatic rings. The topological polar surface area (TPSA) is 92.7 Å². The molecule has 0 bridgehead atoms. The fraction of sp³-hybridized carbons (Fsp3) is 0.500. The Bertz CT molecular complexity index is 768. The molecule has 1 saturated heterocycles. The van der Waals surface area contributed by atoms with Gasteiger partial charge in [-0.3, -0.25) is 9.59 Å². The Kier molecular flexibility index (Phi) is 6.90. The Morgan fingerprint density at radius 2 is 2.00 bits per heavy atom. The third-order valence-corrected chi connectivity index (χ3v) is 4.52. The van der Waals surface area contributed by atoms with Crippen molar-refractivity contribution in [3.63, 3.8) is 0 Å². The van der Waals surface area contributed by atoms with Gasteiger partial charge in [0.05, 0.1) is 5.69 Å². The zero-order valence-corrected chi connectivity index (χ0v) is 16.5. The lowest BCUT2D eigenvalue weighted by Crippen LogP contribution is -2.56. The number of ether oxygens (including phenoxy) is 1. The maximum absolute atomic E-state index is 13.1. The molecule has 146 valence electrons. The van der Waals surface area contributed by atoms with Crippen LogP contribution in [0.4, 0.5) is 0 Å². The minimum atomic E-state index is -0.667. The first kappa shape index (κ1) is 20.8. The van der Waals surface area contributed by atoms with Gasteiger partial charge in [-0.25, -0.2) is 14.8 Å². The minimum Gasteiger partial charge on any atom is -0.458 e. The normalized spacial score (nSPS) is 16.8. The van der Waals surface area contributed by atoms with E-state index in [1.807, 2.05) is 6.92 Å². The summed E-state index contributed by atoms with van der Waals surface area (Å²) in [5.74, 6) is -0.931. The molecule has 1 atom stereocenters. The fourth-order valence-electron chi connectivity index (χ4n) is 3.06. The van der Waals surface area contributed by atoms with Crippen LogP contribution in [-0.2, 0) is 9.53 Å². The van der Waals surface area contributed by atoms with Gasteiger partial charge in [-0.15, -0.1) is 11.6 Å². The van der Waals surface area contributed by atoms with Crippen molar-refractivity contribution in [2.45, 2.75) is 26.8 Å². The number of hydrogen-bond donors (Lipinski definition) is 0. The lowest BCUT2D eigenvalue weighted by atomic mass is 10.1. The number of rotatable bonds is 5. The van der Waals surface area contributed by atoms with Gasteiger partial charge in [0.15, 0.2) is 0 Å². The Balaban J connectivity index is 2.29. The number of hydrogen-bond acceptors (Lipinski definition) is 6. The maximum atomic E-state index is 13.1. The van der Waals surface area contributed by atoms with Crippen LogP contribution in [0, 0.1) is 13.8 Å². The third-order valence-electron chi connectivity index (χ3n) is 4.29. The second-order valence-corrected chi connectivity index (χ2v) is 6.56. The summed E-state index contributed by atoms with van der Waals surface area (Å²) in [6, 6.07) is -0.186. The maximum Gasteiger partial charge on any atom is 0.342 e. The van der Waals surface area contributed by atoms with Crippen molar-refractivity contribution in [3.8, 4) is 0 Å². The van der Waals surface area contributed by atoms with Crippen molar-refractivity contribution in [2.24, 2.45) is 0 Å². The molecule has 9 heteroatoms. The second kappa shape index (κ2) is 8.94. The molecule has 1 aromatic heterocycles. The molecule has 2 amide bonds. The van der Waals surface area contributed by atoms with Gasteiger partial charge in [-0.1, -0.05) is 12.7 Å². The van der Waals surface area contributed by atoms with Crippen molar-refractivity contribution >= 4 is 29.4 Å². The first-order valence-corrected chi connectivity index (χ1v) is 9.11. The van der Waals surface area contributed by atoms with Gasteiger partial charge in [-0.2, -0.15) is 0 Å². The Morgan fingerprint density at radius 1 is 1.30 bits per heavy atom. The SMILES string of the molecule is C=CCOC(=O)c1c(C)nc(C)nc1C(=O)N1CCN(C(=O)CCl)C(C)C1. The molecule has 1 unspecified atom stereocenters. The predicted molar refractivity (Wildman–Crippen MR) is 99.8 cm³/mol. The quantitative estimate of drug-likeness (QED) is 0.425. The Morgan fingerprint density at radius 3 is 2.59 bits per heavy atom. The van der Waals surface area contributed by atoms with E-state index in [1.165, 1.54) is 6.08 Å². The monoisotopic (exact) mass is 394 g/mol. The molecule has 0 aromatic carbocycles. The molecule has 0 radical (unpaired) electrons. The fourth-order valence-corrected chi connectivity index (χ4v) is 3.21. The van der Waals surface area contributed by atoms with E-state index in [4.69, 9.17) is 16.3 Å². The molecule has 2 rings (SSSR count). The minimum absolute atomic E-state index is 0.0124. The molecule has 0 spiro atoms. The molecular formula is C18H23ClN4O4. The van der Waals surface area contributed by atoms with Crippen molar-refractivity contribution < 1.29 is 19.1 Å². The Labute approximate surface area is 163 Å². The van der Waals surface area contributed by atoms with E-state index in [0.717, 1.165) is 0 Å². The van der Waals surface area contributed by atoms with Gasteiger partial charge in [0.25, 0.3) is 5.91 Å². The average Bonchev–Trinajstić information content (AvgIpc) is 2.64. The van der Waals surface area contributed by atoms with Gasteiger partial charge < -0.3 is 14.5 Å². The van der Waals surface area contributed by atoms with Gasteiger partial charge in [0, 0.05) is 25.7 Å². The number of piperazine rings is 1. The zero-order valence-electron chi connectivity index (χ0n) is 15.7.